The molecule has 0 fully saturated rings. The Labute approximate surface area is 142 Å². The second kappa shape index (κ2) is 6.32. The van der Waals surface area contributed by atoms with Crippen LogP contribution in [-0.2, 0) is 13.0 Å². The van der Waals surface area contributed by atoms with E-state index in [0.29, 0.717) is 0 Å². The summed E-state index contributed by atoms with van der Waals surface area (Å²) in [5.74, 6) is 2.60. The maximum atomic E-state index is 4.65. The number of nitrogens with one attached hydrogen (secondary N) is 1. The highest BCUT2D eigenvalue weighted by Gasteiger charge is 2.18. The Kier molecular flexibility index (Phi) is 3.87. The average Bonchev–Trinajstić information content (AvgIpc) is 2.62. The molecular formula is C20H20N4. The molecule has 0 saturated heterocycles. The van der Waals surface area contributed by atoms with Crippen molar-refractivity contribution in [2.45, 2.75) is 19.9 Å². The monoisotopic (exact) mass is 316 g/mol. The number of fused-ring (bicyclic) bond motifs is 1. The van der Waals surface area contributed by atoms with Gasteiger partial charge in [-0.15, -0.1) is 0 Å². The van der Waals surface area contributed by atoms with Crippen molar-refractivity contribution in [3.8, 4) is 0 Å². The van der Waals surface area contributed by atoms with Crippen LogP contribution in [0.5, 0.6) is 0 Å². The van der Waals surface area contributed by atoms with Crippen molar-refractivity contribution in [3.63, 3.8) is 0 Å². The summed E-state index contributed by atoms with van der Waals surface area (Å²) in [5, 5.41) is 3.37. The van der Waals surface area contributed by atoms with Crippen LogP contribution in [0, 0.1) is 6.92 Å². The van der Waals surface area contributed by atoms with E-state index in [9.17, 15) is 0 Å². The van der Waals surface area contributed by atoms with Gasteiger partial charge in [0.2, 0.25) is 0 Å². The molecule has 4 nitrogen and oxygen atoms in total. The van der Waals surface area contributed by atoms with E-state index in [0.717, 1.165) is 42.7 Å². The third-order valence-corrected chi connectivity index (χ3v) is 4.33. The van der Waals surface area contributed by atoms with Crippen LogP contribution in [0.1, 0.15) is 17.0 Å². The standard InChI is InChI=1S/C20H20N4/c1-15-21-19(23-18-9-3-2-4-10-18)13-20(22-15)24-12-11-16-7-5-6-8-17(16)14-24/h2-10,13H,11-12,14H2,1H3,(H,21,22,23). The van der Waals surface area contributed by atoms with Crippen molar-refractivity contribution in [1.29, 1.82) is 0 Å². The molecule has 1 aliphatic rings. The van der Waals surface area contributed by atoms with Gasteiger partial charge in [0, 0.05) is 24.8 Å². The number of aromatic nitrogens is 2. The van der Waals surface area contributed by atoms with E-state index in [1.54, 1.807) is 0 Å². The van der Waals surface area contributed by atoms with E-state index in [1.165, 1.54) is 11.1 Å². The minimum absolute atomic E-state index is 0.782. The zero-order chi connectivity index (χ0) is 16.4. The summed E-state index contributed by atoms with van der Waals surface area (Å²) in [6, 6.07) is 20.8. The number of anilines is 3. The molecule has 4 heteroatoms. The lowest BCUT2D eigenvalue weighted by Gasteiger charge is -2.30. The van der Waals surface area contributed by atoms with Gasteiger partial charge in [-0.1, -0.05) is 42.5 Å². The van der Waals surface area contributed by atoms with Crippen LogP contribution in [0.4, 0.5) is 17.3 Å². The first-order valence-corrected chi connectivity index (χ1v) is 8.27. The van der Waals surface area contributed by atoms with Gasteiger partial charge in [0.1, 0.15) is 17.5 Å². The van der Waals surface area contributed by atoms with E-state index >= 15 is 0 Å². The maximum absolute atomic E-state index is 4.65. The Morgan fingerprint density at radius 1 is 0.917 bits per heavy atom. The lowest BCUT2D eigenvalue weighted by molar-refractivity contribution is 0.717. The van der Waals surface area contributed by atoms with Crippen molar-refractivity contribution in [3.05, 3.63) is 77.6 Å². The third-order valence-electron chi connectivity index (χ3n) is 4.33. The molecule has 1 aromatic heterocycles. The molecule has 0 aliphatic carbocycles. The number of rotatable bonds is 3. The Morgan fingerprint density at radius 2 is 1.67 bits per heavy atom. The van der Waals surface area contributed by atoms with E-state index in [2.05, 4.69) is 44.5 Å². The van der Waals surface area contributed by atoms with E-state index in [1.807, 2.05) is 43.3 Å². The van der Waals surface area contributed by atoms with Crippen LogP contribution in [0.15, 0.2) is 60.7 Å². The van der Waals surface area contributed by atoms with Crippen molar-refractivity contribution in [1.82, 2.24) is 9.97 Å². The van der Waals surface area contributed by atoms with Crippen LogP contribution in [0.25, 0.3) is 0 Å². The van der Waals surface area contributed by atoms with Gasteiger partial charge in [-0.2, -0.15) is 0 Å². The quantitative estimate of drug-likeness (QED) is 0.790. The Bertz CT molecular complexity index is 845. The molecule has 0 saturated carbocycles. The first kappa shape index (κ1) is 14.7. The van der Waals surface area contributed by atoms with E-state index in [-0.39, 0.29) is 0 Å². The summed E-state index contributed by atoms with van der Waals surface area (Å²) in [6.45, 7) is 3.83. The number of aryl methyl sites for hydroxylation is 1. The van der Waals surface area contributed by atoms with Gasteiger partial charge in [-0.3, -0.25) is 0 Å². The molecule has 0 radical (unpaired) electrons. The molecule has 2 heterocycles. The van der Waals surface area contributed by atoms with Gasteiger partial charge < -0.3 is 10.2 Å². The summed E-state index contributed by atoms with van der Waals surface area (Å²) >= 11 is 0. The predicted molar refractivity (Wildman–Crippen MR) is 97.7 cm³/mol. The van der Waals surface area contributed by atoms with Crippen LogP contribution in [-0.4, -0.2) is 16.5 Å². The Hall–Kier alpha value is -2.88. The molecule has 0 unspecified atom stereocenters. The molecule has 3 aromatic rings. The summed E-state index contributed by atoms with van der Waals surface area (Å²) in [5.41, 5.74) is 3.87. The van der Waals surface area contributed by atoms with Gasteiger partial charge in [0.25, 0.3) is 0 Å². The van der Waals surface area contributed by atoms with Crippen LogP contribution in [0.3, 0.4) is 0 Å². The van der Waals surface area contributed by atoms with Gasteiger partial charge in [0.15, 0.2) is 0 Å². The fourth-order valence-electron chi connectivity index (χ4n) is 3.14. The molecule has 0 amide bonds. The predicted octanol–water partition coefficient (Wildman–Crippen LogP) is 4.09. The highest BCUT2D eigenvalue weighted by Crippen LogP contribution is 2.25. The number of para-hydroxylation sites is 1. The molecule has 24 heavy (non-hydrogen) atoms. The van der Waals surface area contributed by atoms with Crippen molar-refractivity contribution in [2.75, 3.05) is 16.8 Å². The normalized spacial score (nSPS) is 13.5. The molecule has 120 valence electrons. The number of hydrogen-bond donors (Lipinski definition) is 1. The van der Waals surface area contributed by atoms with Crippen molar-refractivity contribution < 1.29 is 0 Å². The molecule has 0 bridgehead atoms. The lowest BCUT2D eigenvalue weighted by Crippen LogP contribution is -2.31. The summed E-state index contributed by atoms with van der Waals surface area (Å²) in [6.07, 6.45) is 1.06. The highest BCUT2D eigenvalue weighted by atomic mass is 15.2. The van der Waals surface area contributed by atoms with Gasteiger partial charge in [-0.25, -0.2) is 9.97 Å². The SMILES string of the molecule is Cc1nc(Nc2ccccc2)cc(N2CCc3ccccc3C2)n1. The van der Waals surface area contributed by atoms with Crippen LogP contribution in [0.2, 0.25) is 0 Å². The number of hydrogen-bond acceptors (Lipinski definition) is 4. The molecule has 1 N–H and O–H groups in total. The van der Waals surface area contributed by atoms with Crippen molar-refractivity contribution in [2.24, 2.45) is 0 Å². The van der Waals surface area contributed by atoms with Crippen molar-refractivity contribution >= 4 is 17.3 Å². The van der Waals surface area contributed by atoms with Crippen LogP contribution < -0.4 is 10.2 Å². The Balaban J connectivity index is 1.60. The molecular weight excluding hydrogens is 296 g/mol. The minimum Gasteiger partial charge on any atom is -0.352 e. The summed E-state index contributed by atoms with van der Waals surface area (Å²) in [7, 11) is 0. The minimum atomic E-state index is 0.782. The maximum Gasteiger partial charge on any atom is 0.136 e. The molecule has 4 rings (SSSR count). The van der Waals surface area contributed by atoms with Crippen LogP contribution >= 0.6 is 0 Å². The number of nitrogens with zero attached hydrogens (tertiary/aromatic N) is 3. The first-order valence-electron chi connectivity index (χ1n) is 8.27. The smallest absolute Gasteiger partial charge is 0.136 e. The second-order valence-corrected chi connectivity index (χ2v) is 6.09. The molecule has 0 atom stereocenters. The molecule has 2 aromatic carbocycles. The Morgan fingerprint density at radius 3 is 2.50 bits per heavy atom. The topological polar surface area (TPSA) is 41.1 Å². The zero-order valence-electron chi connectivity index (χ0n) is 13.7. The lowest BCUT2D eigenvalue weighted by atomic mass is 10.00. The number of benzene rings is 2. The fourth-order valence-corrected chi connectivity index (χ4v) is 3.14. The molecule has 1 aliphatic heterocycles. The fraction of sp³-hybridized carbons (Fsp3) is 0.200. The largest absolute Gasteiger partial charge is 0.352 e. The van der Waals surface area contributed by atoms with Gasteiger partial charge in [-0.05, 0) is 36.6 Å². The highest BCUT2D eigenvalue weighted by molar-refractivity contribution is 5.60. The van der Waals surface area contributed by atoms with Gasteiger partial charge >= 0.3 is 0 Å². The first-order chi connectivity index (χ1) is 11.8. The van der Waals surface area contributed by atoms with E-state index in [4.69, 9.17) is 0 Å². The zero-order valence-corrected chi connectivity index (χ0v) is 13.7. The van der Waals surface area contributed by atoms with E-state index < -0.39 is 0 Å². The molecule has 0 spiro atoms. The average molecular weight is 316 g/mol. The summed E-state index contributed by atoms with van der Waals surface area (Å²) in [4.78, 5) is 11.5. The summed E-state index contributed by atoms with van der Waals surface area (Å²) < 4.78 is 0. The third kappa shape index (κ3) is 3.08. The second-order valence-electron chi connectivity index (χ2n) is 6.09. The van der Waals surface area contributed by atoms with Gasteiger partial charge in [0.05, 0.1) is 0 Å².